The lowest BCUT2D eigenvalue weighted by molar-refractivity contribution is -0.138. The Hall–Kier alpha value is -2.66. The second kappa shape index (κ2) is 9.02. The van der Waals surface area contributed by atoms with E-state index >= 15 is 0 Å². The highest BCUT2D eigenvalue weighted by Crippen LogP contribution is 2.41. The molecule has 1 aliphatic carbocycles. The van der Waals surface area contributed by atoms with Crippen molar-refractivity contribution in [3.05, 3.63) is 71.8 Å². The molecule has 3 rings (SSSR count). The molecule has 0 spiro atoms. The number of carbonyl (C=O) groups excluding carboxylic acids is 2. The van der Waals surface area contributed by atoms with Gasteiger partial charge in [-0.05, 0) is 24.0 Å². The zero-order valence-electron chi connectivity index (χ0n) is 16.3. The Bertz CT molecular complexity index is 786. The fourth-order valence-corrected chi connectivity index (χ4v) is 4.07. The van der Waals surface area contributed by atoms with Gasteiger partial charge in [-0.2, -0.15) is 0 Å². The monoisotopic (exact) mass is 380 g/mol. The van der Waals surface area contributed by atoms with Gasteiger partial charge in [0.15, 0.2) is 0 Å². The molecule has 0 bridgehead atoms. The van der Waals surface area contributed by atoms with Crippen molar-refractivity contribution in [2.45, 2.75) is 43.7 Å². The van der Waals surface area contributed by atoms with Gasteiger partial charge in [0.25, 0.3) is 0 Å². The lowest BCUT2D eigenvalue weighted by Crippen LogP contribution is -2.54. The van der Waals surface area contributed by atoms with Crippen LogP contribution >= 0.6 is 0 Å². The molecule has 1 fully saturated rings. The van der Waals surface area contributed by atoms with Crippen LogP contribution in [0, 0.1) is 0 Å². The summed E-state index contributed by atoms with van der Waals surface area (Å²) in [6.45, 7) is 0.00441. The fourth-order valence-electron chi connectivity index (χ4n) is 4.07. The molecular formula is C23H28N2O3. The predicted octanol–water partition coefficient (Wildman–Crippen LogP) is 2.63. The van der Waals surface area contributed by atoms with Crippen LogP contribution in [-0.2, 0) is 21.5 Å². The second-order valence-corrected chi connectivity index (χ2v) is 7.54. The minimum absolute atomic E-state index is 0.170. The summed E-state index contributed by atoms with van der Waals surface area (Å²) in [6.07, 6.45) is 3.48. The summed E-state index contributed by atoms with van der Waals surface area (Å²) in [5, 5.41) is 12.6. The van der Waals surface area contributed by atoms with Crippen LogP contribution in [0.3, 0.4) is 0 Å². The predicted molar refractivity (Wildman–Crippen MR) is 109 cm³/mol. The molecule has 28 heavy (non-hydrogen) atoms. The molecule has 5 nitrogen and oxygen atoms in total. The van der Waals surface area contributed by atoms with Crippen LogP contribution in [0.2, 0.25) is 0 Å². The molecule has 2 aromatic rings. The van der Waals surface area contributed by atoms with Gasteiger partial charge in [0.05, 0.1) is 12.0 Å². The van der Waals surface area contributed by atoms with Gasteiger partial charge in [-0.1, -0.05) is 73.5 Å². The summed E-state index contributed by atoms with van der Waals surface area (Å²) in [6, 6.07) is 18.5. The summed E-state index contributed by atoms with van der Waals surface area (Å²) in [5.41, 5.74) is 1.36. The average Bonchev–Trinajstić information content (AvgIpc) is 3.24. The molecule has 5 heteroatoms. The maximum atomic E-state index is 13.2. The Morgan fingerprint density at radius 3 is 2.18 bits per heavy atom. The zero-order chi connectivity index (χ0) is 20.0. The van der Waals surface area contributed by atoms with Crippen molar-refractivity contribution in [3.63, 3.8) is 0 Å². The number of aliphatic hydroxyl groups excluding tert-OH is 1. The van der Waals surface area contributed by atoms with E-state index in [4.69, 9.17) is 0 Å². The van der Waals surface area contributed by atoms with Crippen LogP contribution < -0.4 is 5.32 Å². The molecule has 0 aromatic heterocycles. The first kappa shape index (κ1) is 20.1. The first-order valence-corrected chi connectivity index (χ1v) is 9.83. The number of likely N-dealkylation sites (N-methyl/N-ethyl adjacent to an activating group) is 1. The van der Waals surface area contributed by atoms with Gasteiger partial charge in [0, 0.05) is 13.6 Å². The van der Waals surface area contributed by atoms with E-state index in [9.17, 15) is 14.7 Å². The maximum absolute atomic E-state index is 13.2. The Morgan fingerprint density at radius 1 is 1.04 bits per heavy atom. The molecule has 1 saturated carbocycles. The van der Waals surface area contributed by atoms with Gasteiger partial charge in [-0.15, -0.1) is 0 Å². The van der Waals surface area contributed by atoms with E-state index in [1.807, 2.05) is 60.7 Å². The molecule has 2 amide bonds. The maximum Gasteiger partial charge on any atom is 0.247 e. The van der Waals surface area contributed by atoms with Crippen LogP contribution in [0.1, 0.15) is 36.8 Å². The van der Waals surface area contributed by atoms with E-state index in [1.165, 1.54) is 0 Å². The zero-order valence-corrected chi connectivity index (χ0v) is 16.3. The number of nitrogens with one attached hydrogen (secondary N) is 1. The quantitative estimate of drug-likeness (QED) is 0.776. The van der Waals surface area contributed by atoms with Crippen molar-refractivity contribution in [3.8, 4) is 0 Å². The molecular weight excluding hydrogens is 352 g/mol. The lowest BCUT2D eigenvalue weighted by Gasteiger charge is -2.31. The first-order chi connectivity index (χ1) is 13.6. The van der Waals surface area contributed by atoms with E-state index in [-0.39, 0.29) is 11.8 Å². The van der Waals surface area contributed by atoms with Crippen molar-refractivity contribution in [1.29, 1.82) is 0 Å². The van der Waals surface area contributed by atoms with E-state index in [0.29, 0.717) is 6.54 Å². The third-order valence-electron chi connectivity index (χ3n) is 5.64. The number of hydrogen-bond acceptors (Lipinski definition) is 3. The standard InChI is InChI=1S/C23H28N2O3/c1-25(16-18-10-4-2-5-11-18)21(27)20(17-26)24-22(28)23(14-8-9-15-23)19-12-6-3-7-13-19/h2-7,10-13,20,26H,8-9,14-17H2,1H3,(H,24,28)/t20-/m0/s1. The van der Waals surface area contributed by atoms with Crippen molar-refractivity contribution in [1.82, 2.24) is 10.2 Å². The third kappa shape index (κ3) is 4.25. The van der Waals surface area contributed by atoms with Gasteiger partial charge in [-0.25, -0.2) is 0 Å². The third-order valence-corrected chi connectivity index (χ3v) is 5.64. The van der Waals surface area contributed by atoms with Gasteiger partial charge in [0.2, 0.25) is 11.8 Å². The highest BCUT2D eigenvalue weighted by Gasteiger charge is 2.43. The lowest BCUT2D eigenvalue weighted by atomic mass is 9.78. The highest BCUT2D eigenvalue weighted by molar-refractivity contribution is 5.93. The van der Waals surface area contributed by atoms with Gasteiger partial charge in [0.1, 0.15) is 6.04 Å². The van der Waals surface area contributed by atoms with Crippen molar-refractivity contribution >= 4 is 11.8 Å². The smallest absolute Gasteiger partial charge is 0.247 e. The molecule has 2 N–H and O–H groups in total. The van der Waals surface area contributed by atoms with Crippen LogP contribution in [0.15, 0.2) is 60.7 Å². The van der Waals surface area contributed by atoms with Crippen LogP contribution in [0.25, 0.3) is 0 Å². The molecule has 1 atom stereocenters. The summed E-state index contributed by atoms with van der Waals surface area (Å²) in [7, 11) is 1.69. The number of amides is 2. The molecule has 2 aromatic carbocycles. The SMILES string of the molecule is CN(Cc1ccccc1)C(=O)[C@H](CO)NC(=O)C1(c2ccccc2)CCCC1. The van der Waals surface area contributed by atoms with Crippen molar-refractivity contribution in [2.75, 3.05) is 13.7 Å². The molecule has 0 saturated heterocycles. The molecule has 1 aliphatic rings. The summed E-state index contributed by atoms with van der Waals surface area (Å²) >= 11 is 0. The number of aliphatic hydroxyl groups is 1. The Balaban J connectivity index is 1.72. The van der Waals surface area contributed by atoms with E-state index < -0.39 is 18.1 Å². The molecule has 0 unspecified atom stereocenters. The van der Waals surface area contributed by atoms with Crippen LogP contribution in [0.4, 0.5) is 0 Å². The Kier molecular flexibility index (Phi) is 6.47. The summed E-state index contributed by atoms with van der Waals surface area (Å²) < 4.78 is 0. The number of benzene rings is 2. The summed E-state index contributed by atoms with van der Waals surface area (Å²) in [4.78, 5) is 27.6. The molecule has 0 heterocycles. The van der Waals surface area contributed by atoms with Crippen LogP contribution in [-0.4, -0.2) is 41.5 Å². The normalized spacial score (nSPS) is 16.4. The van der Waals surface area contributed by atoms with E-state index in [2.05, 4.69) is 5.32 Å². The average molecular weight is 380 g/mol. The largest absolute Gasteiger partial charge is 0.394 e. The van der Waals surface area contributed by atoms with E-state index in [0.717, 1.165) is 36.8 Å². The number of rotatable bonds is 7. The van der Waals surface area contributed by atoms with Crippen molar-refractivity contribution in [2.24, 2.45) is 0 Å². The van der Waals surface area contributed by atoms with Gasteiger partial charge >= 0.3 is 0 Å². The number of nitrogens with zero attached hydrogens (tertiary/aromatic N) is 1. The first-order valence-electron chi connectivity index (χ1n) is 9.83. The van der Waals surface area contributed by atoms with Crippen LogP contribution in [0.5, 0.6) is 0 Å². The second-order valence-electron chi connectivity index (χ2n) is 7.54. The van der Waals surface area contributed by atoms with Gasteiger partial charge < -0.3 is 15.3 Å². The van der Waals surface area contributed by atoms with Crippen molar-refractivity contribution < 1.29 is 14.7 Å². The molecule has 0 aliphatic heterocycles. The molecule has 148 valence electrons. The minimum atomic E-state index is -0.942. The number of carbonyl (C=O) groups is 2. The highest BCUT2D eigenvalue weighted by atomic mass is 16.3. The molecule has 0 radical (unpaired) electrons. The Morgan fingerprint density at radius 2 is 1.61 bits per heavy atom. The van der Waals surface area contributed by atoms with Gasteiger partial charge in [-0.3, -0.25) is 9.59 Å². The number of hydrogen-bond donors (Lipinski definition) is 2. The minimum Gasteiger partial charge on any atom is -0.394 e. The topological polar surface area (TPSA) is 69.6 Å². The fraction of sp³-hybridized carbons (Fsp3) is 0.391. The summed E-state index contributed by atoms with van der Waals surface area (Å²) in [5.74, 6) is -0.461. The van der Waals surface area contributed by atoms with E-state index in [1.54, 1.807) is 11.9 Å². The Labute approximate surface area is 166 Å².